The van der Waals surface area contributed by atoms with E-state index in [1.165, 1.54) is 0 Å². The average molecular weight is 346 g/mol. The van der Waals surface area contributed by atoms with Crippen LogP contribution in [0.25, 0.3) is 0 Å². The topological polar surface area (TPSA) is 61.8 Å². The molecule has 0 saturated carbocycles. The van der Waals surface area contributed by atoms with Gasteiger partial charge in [-0.15, -0.1) is 0 Å². The second-order valence-corrected chi connectivity index (χ2v) is 7.91. The molecule has 0 unspecified atom stereocenters. The third-order valence-corrected chi connectivity index (χ3v) is 4.63. The smallest absolute Gasteiger partial charge is 0.459 e. The molecule has 0 bridgehead atoms. The summed E-state index contributed by atoms with van der Waals surface area (Å²) in [6.45, 7) is 12.1. The Bertz CT molecular complexity index is 635. The highest BCUT2D eigenvalue weighted by Gasteiger charge is 2.50. The first-order valence-corrected chi connectivity index (χ1v) is 8.68. The van der Waals surface area contributed by atoms with Crippen molar-refractivity contribution in [2.24, 2.45) is 5.92 Å². The van der Waals surface area contributed by atoms with Crippen LogP contribution in [-0.2, 0) is 25.2 Å². The fraction of sp³-hybridized carbons (Fsp3) is 0.579. The fourth-order valence-electron chi connectivity index (χ4n) is 2.51. The predicted molar refractivity (Wildman–Crippen MR) is 96.4 cm³/mol. The molecule has 0 aliphatic carbocycles. The van der Waals surface area contributed by atoms with E-state index >= 15 is 0 Å². The summed E-state index contributed by atoms with van der Waals surface area (Å²) in [5.74, 6) is -1.26. The Labute approximate surface area is 150 Å². The van der Waals surface area contributed by atoms with Crippen LogP contribution in [-0.4, -0.2) is 36.7 Å². The van der Waals surface area contributed by atoms with E-state index in [-0.39, 0.29) is 19.6 Å². The second kappa shape index (κ2) is 7.30. The minimum Gasteiger partial charge on any atom is -0.459 e. The molecule has 6 heteroatoms. The van der Waals surface area contributed by atoms with Crippen LogP contribution in [0.3, 0.4) is 0 Å². The van der Waals surface area contributed by atoms with Crippen molar-refractivity contribution in [1.82, 2.24) is 0 Å². The highest BCUT2D eigenvalue weighted by Crippen LogP contribution is 2.37. The number of ketones is 1. The van der Waals surface area contributed by atoms with E-state index in [1.54, 1.807) is 18.2 Å². The van der Waals surface area contributed by atoms with Gasteiger partial charge < -0.3 is 14.0 Å². The minimum absolute atomic E-state index is 0.187. The number of ether oxygens (including phenoxy) is 1. The first-order chi connectivity index (χ1) is 11.5. The molecule has 1 fully saturated rings. The molecule has 1 saturated heterocycles. The number of carbonyl (C=O) groups excluding carboxylic acids is 2. The highest BCUT2D eigenvalue weighted by atomic mass is 16.7. The van der Waals surface area contributed by atoms with Crippen molar-refractivity contribution >= 4 is 18.9 Å². The Morgan fingerprint density at radius 3 is 2.28 bits per heavy atom. The van der Waals surface area contributed by atoms with Crippen LogP contribution in [0.4, 0.5) is 0 Å². The van der Waals surface area contributed by atoms with Crippen molar-refractivity contribution < 1.29 is 23.6 Å². The molecule has 25 heavy (non-hydrogen) atoms. The van der Waals surface area contributed by atoms with Crippen molar-refractivity contribution in [2.45, 2.75) is 59.1 Å². The van der Waals surface area contributed by atoms with Crippen LogP contribution in [0.2, 0.25) is 0 Å². The van der Waals surface area contributed by atoms with Crippen LogP contribution in [0.15, 0.2) is 24.3 Å². The van der Waals surface area contributed by atoms with E-state index in [0.29, 0.717) is 11.9 Å². The summed E-state index contributed by atoms with van der Waals surface area (Å²) in [7, 11) is -0.386. The van der Waals surface area contributed by atoms with Gasteiger partial charge in [-0.2, -0.15) is 0 Å². The van der Waals surface area contributed by atoms with Crippen molar-refractivity contribution in [3.05, 3.63) is 35.4 Å². The van der Waals surface area contributed by atoms with E-state index in [9.17, 15) is 9.59 Å². The standard InChI is InChI=1S/C19H27BO5/c1-13(2)12-23-17(22)16(21)15-9-7-8-14(10-15)11-20-24-18(3,4)19(5,6)25-20/h7-10,13H,11-12H2,1-6H3. The van der Waals surface area contributed by atoms with Gasteiger partial charge in [-0.3, -0.25) is 4.79 Å². The molecule has 1 aromatic carbocycles. The monoisotopic (exact) mass is 346 g/mol. The molecular formula is C19H27BO5. The van der Waals surface area contributed by atoms with Crippen molar-refractivity contribution in [1.29, 1.82) is 0 Å². The van der Waals surface area contributed by atoms with Crippen molar-refractivity contribution in [3.8, 4) is 0 Å². The highest BCUT2D eigenvalue weighted by molar-refractivity contribution is 6.45. The number of esters is 1. The summed E-state index contributed by atoms with van der Waals surface area (Å²) in [5.41, 5.74) is 0.404. The molecule has 0 aromatic heterocycles. The van der Waals surface area contributed by atoms with Gasteiger partial charge in [0.05, 0.1) is 17.8 Å². The van der Waals surface area contributed by atoms with E-state index in [4.69, 9.17) is 14.0 Å². The van der Waals surface area contributed by atoms with Gasteiger partial charge in [0.1, 0.15) is 0 Å². The van der Waals surface area contributed by atoms with Crippen LogP contribution in [0.1, 0.15) is 57.5 Å². The maximum atomic E-state index is 12.2. The molecule has 0 spiro atoms. The zero-order valence-corrected chi connectivity index (χ0v) is 15.9. The van der Waals surface area contributed by atoms with E-state index in [2.05, 4.69) is 0 Å². The molecule has 1 aliphatic rings. The maximum Gasteiger partial charge on any atom is 0.462 e. The molecule has 5 nitrogen and oxygen atoms in total. The van der Waals surface area contributed by atoms with Gasteiger partial charge in [0.15, 0.2) is 0 Å². The molecular weight excluding hydrogens is 319 g/mol. The summed E-state index contributed by atoms with van der Waals surface area (Å²) in [5, 5.41) is 0. The third-order valence-electron chi connectivity index (χ3n) is 4.63. The molecule has 0 amide bonds. The van der Waals surface area contributed by atoms with Gasteiger partial charge in [0, 0.05) is 11.9 Å². The third kappa shape index (κ3) is 4.70. The van der Waals surface area contributed by atoms with Crippen molar-refractivity contribution in [3.63, 3.8) is 0 Å². The summed E-state index contributed by atoms with van der Waals surface area (Å²) >= 11 is 0. The minimum atomic E-state index is -0.818. The van der Waals surface area contributed by atoms with Gasteiger partial charge >= 0.3 is 13.1 Å². The first-order valence-electron chi connectivity index (χ1n) is 8.68. The summed E-state index contributed by atoms with van der Waals surface area (Å²) in [4.78, 5) is 24.1. The zero-order valence-electron chi connectivity index (χ0n) is 15.9. The Morgan fingerprint density at radius 2 is 1.72 bits per heavy atom. The number of hydrogen-bond donors (Lipinski definition) is 0. The van der Waals surface area contributed by atoms with E-state index < -0.39 is 23.0 Å². The normalized spacial score (nSPS) is 18.4. The van der Waals surface area contributed by atoms with Gasteiger partial charge in [0.25, 0.3) is 5.78 Å². The molecule has 0 N–H and O–H groups in total. The molecule has 1 heterocycles. The summed E-state index contributed by atoms with van der Waals surface area (Å²) in [6.07, 6.45) is 0.509. The number of carbonyl (C=O) groups is 2. The Morgan fingerprint density at radius 1 is 1.12 bits per heavy atom. The number of Topliss-reactive ketones (excluding diaryl/α,β-unsaturated/α-hetero) is 1. The van der Waals surface area contributed by atoms with Crippen LogP contribution < -0.4 is 0 Å². The Balaban J connectivity index is 2.04. The maximum absolute atomic E-state index is 12.2. The SMILES string of the molecule is CC(C)COC(=O)C(=O)c1cccc(CB2OC(C)(C)C(C)(C)O2)c1. The largest absolute Gasteiger partial charge is 0.462 e. The molecule has 1 aliphatic heterocycles. The average Bonchev–Trinajstić information content (AvgIpc) is 2.71. The Hall–Kier alpha value is -1.66. The lowest BCUT2D eigenvalue weighted by atomic mass is 9.80. The second-order valence-electron chi connectivity index (χ2n) is 7.91. The first kappa shape index (κ1) is 19.7. The van der Waals surface area contributed by atoms with Crippen LogP contribution in [0.5, 0.6) is 0 Å². The fourth-order valence-corrected chi connectivity index (χ4v) is 2.51. The quantitative estimate of drug-likeness (QED) is 0.342. The van der Waals surface area contributed by atoms with Gasteiger partial charge in [-0.05, 0) is 45.2 Å². The molecule has 2 rings (SSSR count). The van der Waals surface area contributed by atoms with Gasteiger partial charge in [-0.1, -0.05) is 32.0 Å². The molecule has 1 aromatic rings. The Kier molecular flexibility index (Phi) is 5.74. The van der Waals surface area contributed by atoms with E-state index in [1.807, 2.05) is 47.6 Å². The zero-order chi connectivity index (χ0) is 18.8. The lowest BCUT2D eigenvalue weighted by molar-refractivity contribution is -0.139. The van der Waals surface area contributed by atoms with Gasteiger partial charge in [-0.25, -0.2) is 4.79 Å². The molecule has 0 atom stereocenters. The summed E-state index contributed by atoms with van der Waals surface area (Å²) < 4.78 is 17.0. The lowest BCUT2D eigenvalue weighted by Crippen LogP contribution is -2.41. The summed E-state index contributed by atoms with van der Waals surface area (Å²) in [6, 6.07) is 6.96. The van der Waals surface area contributed by atoms with Crippen LogP contribution in [0, 0.1) is 5.92 Å². The van der Waals surface area contributed by atoms with Crippen LogP contribution >= 0.6 is 0 Å². The van der Waals surface area contributed by atoms with Gasteiger partial charge in [0.2, 0.25) is 0 Å². The molecule has 136 valence electrons. The van der Waals surface area contributed by atoms with Crippen molar-refractivity contribution in [2.75, 3.05) is 6.61 Å². The van der Waals surface area contributed by atoms with E-state index in [0.717, 1.165) is 5.56 Å². The number of rotatable bonds is 6. The number of hydrogen-bond acceptors (Lipinski definition) is 5. The number of benzene rings is 1. The lowest BCUT2D eigenvalue weighted by Gasteiger charge is -2.32. The molecule has 0 radical (unpaired) electrons. The predicted octanol–water partition coefficient (Wildman–Crippen LogP) is 3.24.